The number of unbranched alkanes of at least 4 members (excludes halogenated alkanes) is 3. The number of imidazole rings is 1. The number of nitrogens with two attached hydrogens (primary N) is 2. The lowest BCUT2D eigenvalue weighted by atomic mass is 10.2. The van der Waals surface area contributed by atoms with Crippen LogP contribution in [0.15, 0.2) is 11.1 Å². The zero-order chi connectivity index (χ0) is 30.6. The molecule has 0 radical (unpaired) electrons. The van der Waals surface area contributed by atoms with Gasteiger partial charge in [0, 0.05) is 6.42 Å². The summed E-state index contributed by atoms with van der Waals surface area (Å²) in [6.07, 6.45) is -1.94. The van der Waals surface area contributed by atoms with E-state index < -0.39 is 62.1 Å². The minimum absolute atomic E-state index is 0.0729. The number of aliphatic hydroxyl groups is 1. The number of hydrogen-bond donors (Lipinski definition) is 8. The van der Waals surface area contributed by atoms with E-state index in [9.17, 15) is 47.7 Å². The summed E-state index contributed by atoms with van der Waals surface area (Å²) in [5, 5.41) is 10.2. The Morgan fingerprint density at radius 3 is 2.27 bits per heavy atom. The number of phosphoric acid groups is 4. The minimum Gasteiger partial charge on any atom is -0.388 e. The van der Waals surface area contributed by atoms with E-state index in [4.69, 9.17) is 16.2 Å². The molecule has 10 N–H and O–H groups in total. The van der Waals surface area contributed by atoms with Gasteiger partial charge in [-0.25, -0.2) is 23.2 Å². The number of fused-ring (bicyclic) bond motifs is 1. The number of aromatic amines is 1. The van der Waals surface area contributed by atoms with Crippen molar-refractivity contribution < 1.29 is 69.7 Å². The van der Waals surface area contributed by atoms with Crippen LogP contribution in [0.2, 0.25) is 0 Å². The molecule has 0 aliphatic carbocycles. The lowest BCUT2D eigenvalue weighted by molar-refractivity contribution is -0.133. The van der Waals surface area contributed by atoms with E-state index in [1.807, 2.05) is 0 Å². The molecule has 0 spiro atoms. The molecule has 0 amide bonds. The van der Waals surface area contributed by atoms with Gasteiger partial charge in [0.15, 0.2) is 17.5 Å². The fraction of sp³-hybridized carbons (Fsp3) is 0.667. The highest BCUT2D eigenvalue weighted by atomic mass is 31.3. The number of rotatable bonds is 16. The number of H-pyrrole nitrogens is 1. The Morgan fingerprint density at radius 2 is 1.61 bits per heavy atom. The Kier molecular flexibility index (Phi) is 11.2. The van der Waals surface area contributed by atoms with Gasteiger partial charge in [0.1, 0.15) is 12.3 Å². The van der Waals surface area contributed by atoms with Crippen LogP contribution in [0, 0.1) is 0 Å². The summed E-state index contributed by atoms with van der Waals surface area (Å²) in [4.78, 5) is 60.6. The molecule has 26 heteroatoms. The molecule has 5 unspecified atom stereocenters. The summed E-state index contributed by atoms with van der Waals surface area (Å²) in [6, 6.07) is 0. The molecule has 3 rings (SSSR count). The number of hydrogen-bond acceptors (Lipinski definition) is 16. The predicted molar refractivity (Wildman–Crippen MR) is 134 cm³/mol. The highest BCUT2D eigenvalue weighted by Gasteiger charge is 2.48. The quantitative estimate of drug-likeness (QED) is 0.0878. The molecule has 7 atom stereocenters. The van der Waals surface area contributed by atoms with Crippen molar-refractivity contribution in [1.29, 1.82) is 0 Å². The molecule has 1 aliphatic rings. The first-order chi connectivity index (χ1) is 18.9. The molecule has 234 valence electrons. The molecule has 2 aromatic rings. The second-order valence-electron chi connectivity index (χ2n) is 8.30. The van der Waals surface area contributed by atoms with Gasteiger partial charge >= 0.3 is 31.3 Å². The average Bonchev–Trinajstić information content (AvgIpc) is 3.36. The van der Waals surface area contributed by atoms with Crippen LogP contribution in [0.25, 0.3) is 11.2 Å². The van der Waals surface area contributed by atoms with Crippen LogP contribution in [0.1, 0.15) is 38.3 Å². The van der Waals surface area contributed by atoms with Gasteiger partial charge in [-0.2, -0.15) is 17.9 Å². The van der Waals surface area contributed by atoms with Crippen molar-refractivity contribution in [1.82, 2.24) is 19.5 Å². The Balaban J connectivity index is 1.58. The van der Waals surface area contributed by atoms with Crippen LogP contribution >= 0.6 is 31.3 Å². The molecular weight excluding hydrogens is 644 g/mol. The number of anilines is 1. The largest absolute Gasteiger partial charge is 0.490 e. The number of aromatic nitrogens is 4. The lowest BCUT2D eigenvalue weighted by Gasteiger charge is -2.22. The van der Waals surface area contributed by atoms with E-state index in [-0.39, 0.29) is 30.0 Å². The first kappa shape index (κ1) is 34.1. The van der Waals surface area contributed by atoms with Gasteiger partial charge in [-0.15, -0.1) is 0 Å². The molecule has 2 aromatic heterocycles. The third-order valence-electron chi connectivity index (χ3n) is 5.02. The topological polar surface area (TPSA) is 340 Å². The standard InChI is InChI=1S/C15H28N6O16P4/c16-5-3-1-2-4-6-32-38(24,25)35-40(28,29)37-41(30,31)36-39(26,27)34-14-9(22)7-10(33-14)21-8-18-11-12(21)19-15(17)20-13(11)23/h8-10,14,22H,1-7,16H2,(H,24,25)(H,26,27)(H,28,29)(H,30,31)(H3,17,19,20,23)/t9?,10-,14-/m1/s1. The number of aliphatic hydroxyl groups excluding tert-OH is 1. The van der Waals surface area contributed by atoms with Crippen LogP contribution in [-0.4, -0.2) is 69.7 Å². The highest BCUT2D eigenvalue weighted by Crippen LogP contribution is 2.71. The van der Waals surface area contributed by atoms with E-state index in [1.54, 1.807) is 0 Å². The van der Waals surface area contributed by atoms with E-state index in [2.05, 4.69) is 36.9 Å². The van der Waals surface area contributed by atoms with E-state index in [0.717, 1.165) is 10.9 Å². The molecule has 1 saturated heterocycles. The van der Waals surface area contributed by atoms with Gasteiger partial charge < -0.3 is 40.9 Å². The van der Waals surface area contributed by atoms with Crippen LogP contribution in [0.3, 0.4) is 0 Å². The van der Waals surface area contributed by atoms with Crippen molar-refractivity contribution in [2.45, 2.75) is 50.7 Å². The highest BCUT2D eigenvalue weighted by molar-refractivity contribution is 7.69. The number of nitrogen functional groups attached to an aromatic ring is 1. The maximum Gasteiger partial charge on any atom is 0.490 e. The van der Waals surface area contributed by atoms with Gasteiger partial charge in [-0.1, -0.05) is 12.8 Å². The first-order valence-electron chi connectivity index (χ1n) is 11.5. The summed E-state index contributed by atoms with van der Waals surface area (Å²) < 4.78 is 75.3. The Hall–Kier alpha value is -1.41. The van der Waals surface area contributed by atoms with Crippen LogP contribution in [0.5, 0.6) is 0 Å². The third kappa shape index (κ3) is 10.1. The molecule has 0 aromatic carbocycles. The van der Waals surface area contributed by atoms with Gasteiger partial charge in [-0.3, -0.25) is 23.4 Å². The van der Waals surface area contributed by atoms with Gasteiger partial charge in [0.05, 0.1) is 12.9 Å². The summed E-state index contributed by atoms with van der Waals surface area (Å²) in [6.45, 7) is 0.0437. The molecule has 0 bridgehead atoms. The Morgan fingerprint density at radius 1 is 1.00 bits per heavy atom. The fourth-order valence-electron chi connectivity index (χ4n) is 3.42. The molecule has 1 aliphatic heterocycles. The SMILES string of the molecule is NCCCCCCOP(=O)(O)OP(=O)(O)OP(=O)(O)OP(=O)(O)O[C@H]1O[C@@H](n2cnc3c(=O)[nH]c(N)nc32)CC1O. The Bertz CT molecular complexity index is 1470. The summed E-state index contributed by atoms with van der Waals surface area (Å²) in [5.74, 6) is -0.268. The summed E-state index contributed by atoms with van der Waals surface area (Å²) in [7, 11) is -23.0. The summed E-state index contributed by atoms with van der Waals surface area (Å²) >= 11 is 0. The smallest absolute Gasteiger partial charge is 0.388 e. The zero-order valence-corrected chi connectivity index (χ0v) is 24.3. The molecule has 41 heavy (non-hydrogen) atoms. The van der Waals surface area contributed by atoms with E-state index in [1.165, 1.54) is 0 Å². The molecule has 0 saturated carbocycles. The van der Waals surface area contributed by atoms with Crippen molar-refractivity contribution in [3.05, 3.63) is 16.7 Å². The van der Waals surface area contributed by atoms with Crippen molar-refractivity contribution in [3.8, 4) is 0 Å². The van der Waals surface area contributed by atoms with Gasteiger partial charge in [-0.05, 0) is 19.4 Å². The second kappa shape index (κ2) is 13.5. The van der Waals surface area contributed by atoms with Crippen molar-refractivity contribution in [2.24, 2.45) is 5.73 Å². The van der Waals surface area contributed by atoms with Crippen molar-refractivity contribution in [3.63, 3.8) is 0 Å². The van der Waals surface area contributed by atoms with Crippen molar-refractivity contribution in [2.75, 3.05) is 18.9 Å². The van der Waals surface area contributed by atoms with E-state index >= 15 is 0 Å². The molecule has 22 nitrogen and oxygen atoms in total. The fourth-order valence-corrected chi connectivity index (χ4v) is 8.48. The second-order valence-corrected chi connectivity index (χ2v) is 14.5. The molecule has 3 heterocycles. The molecular formula is C15H28N6O16P4. The average molecular weight is 672 g/mol. The Labute approximate surface area is 230 Å². The number of ether oxygens (including phenoxy) is 1. The number of phosphoric ester groups is 2. The van der Waals surface area contributed by atoms with E-state index in [0.29, 0.717) is 25.8 Å². The van der Waals surface area contributed by atoms with Crippen LogP contribution in [0.4, 0.5) is 5.95 Å². The minimum atomic E-state index is -6.04. The van der Waals surface area contributed by atoms with Crippen LogP contribution in [-0.2, 0) is 45.0 Å². The van der Waals surface area contributed by atoms with Gasteiger partial charge in [0.25, 0.3) is 5.56 Å². The third-order valence-corrected chi connectivity index (χ3v) is 11.0. The first-order valence-corrected chi connectivity index (χ1v) is 17.4. The monoisotopic (exact) mass is 672 g/mol. The summed E-state index contributed by atoms with van der Waals surface area (Å²) in [5.41, 5.74) is 9.93. The van der Waals surface area contributed by atoms with Crippen LogP contribution < -0.4 is 17.0 Å². The lowest BCUT2D eigenvalue weighted by Crippen LogP contribution is -2.23. The zero-order valence-electron chi connectivity index (χ0n) is 20.8. The predicted octanol–water partition coefficient (Wildman–Crippen LogP) is 0.311. The van der Waals surface area contributed by atoms with Gasteiger partial charge in [0.2, 0.25) is 5.95 Å². The molecule has 1 fully saturated rings. The number of nitrogens with zero attached hydrogens (tertiary/aromatic N) is 3. The maximum absolute atomic E-state index is 12.3. The normalized spacial score (nSPS) is 25.4. The number of nitrogens with one attached hydrogen (secondary N) is 1. The maximum atomic E-state index is 12.3. The van der Waals surface area contributed by atoms with Crippen molar-refractivity contribution >= 4 is 48.4 Å².